The number of pyridine rings is 1. The van der Waals surface area contributed by atoms with Gasteiger partial charge in [-0.05, 0) is 41.3 Å². The SMILES string of the molecule is O=C(CCc1c[nH]c2ccccc12)N1CCO[C@@H](c2ccc(Cc3ccccc3F)cn2)C1. The number of para-hydroxylation sites is 1. The van der Waals surface area contributed by atoms with Crippen LogP contribution in [0.2, 0.25) is 0 Å². The topological polar surface area (TPSA) is 58.2 Å². The van der Waals surface area contributed by atoms with Crippen molar-refractivity contribution in [1.82, 2.24) is 14.9 Å². The molecule has 0 aliphatic carbocycles. The van der Waals surface area contributed by atoms with E-state index in [-0.39, 0.29) is 17.8 Å². The number of carbonyl (C=O) groups excluding carboxylic acids is 1. The number of benzene rings is 2. The summed E-state index contributed by atoms with van der Waals surface area (Å²) in [5, 5.41) is 1.17. The molecule has 2 aromatic heterocycles. The van der Waals surface area contributed by atoms with Crippen molar-refractivity contribution in [2.45, 2.75) is 25.4 Å². The number of aromatic amines is 1. The molecule has 6 heteroatoms. The predicted octanol–water partition coefficient (Wildman–Crippen LogP) is 4.83. The van der Waals surface area contributed by atoms with E-state index in [9.17, 15) is 9.18 Å². The Bertz CT molecular complexity index is 1250. The van der Waals surface area contributed by atoms with Gasteiger partial charge in [-0.1, -0.05) is 42.5 Å². The van der Waals surface area contributed by atoms with Crippen LogP contribution in [0.4, 0.5) is 4.39 Å². The molecule has 1 aliphatic rings. The number of nitrogens with one attached hydrogen (secondary N) is 1. The first-order chi connectivity index (χ1) is 16.2. The first-order valence-corrected chi connectivity index (χ1v) is 11.3. The van der Waals surface area contributed by atoms with Gasteiger partial charge < -0.3 is 14.6 Å². The summed E-state index contributed by atoms with van der Waals surface area (Å²) >= 11 is 0. The van der Waals surface area contributed by atoms with E-state index in [0.29, 0.717) is 44.5 Å². The van der Waals surface area contributed by atoms with Crippen LogP contribution in [0.1, 0.15) is 34.9 Å². The fourth-order valence-electron chi connectivity index (χ4n) is 4.39. The van der Waals surface area contributed by atoms with Crippen LogP contribution in [0.5, 0.6) is 0 Å². The van der Waals surface area contributed by atoms with E-state index >= 15 is 0 Å². The number of hydrogen-bond acceptors (Lipinski definition) is 3. The Kier molecular flexibility index (Phi) is 6.17. The first-order valence-electron chi connectivity index (χ1n) is 11.3. The zero-order chi connectivity index (χ0) is 22.6. The molecule has 1 saturated heterocycles. The minimum absolute atomic E-state index is 0.129. The maximum Gasteiger partial charge on any atom is 0.223 e. The van der Waals surface area contributed by atoms with Gasteiger partial charge in [0.15, 0.2) is 0 Å². The molecule has 0 spiro atoms. The molecule has 1 atom stereocenters. The van der Waals surface area contributed by atoms with Crippen LogP contribution in [0, 0.1) is 5.82 Å². The molecule has 4 aromatic rings. The molecular formula is C27H26FN3O2. The van der Waals surface area contributed by atoms with Crippen molar-refractivity contribution in [2.75, 3.05) is 19.7 Å². The van der Waals surface area contributed by atoms with E-state index in [2.05, 4.69) is 16.0 Å². The summed E-state index contributed by atoms with van der Waals surface area (Å²) in [6, 6.07) is 18.8. The highest BCUT2D eigenvalue weighted by Gasteiger charge is 2.26. The average Bonchev–Trinajstić information content (AvgIpc) is 3.28. The van der Waals surface area contributed by atoms with Crippen molar-refractivity contribution in [3.63, 3.8) is 0 Å². The van der Waals surface area contributed by atoms with Gasteiger partial charge in [-0.2, -0.15) is 0 Å². The number of carbonyl (C=O) groups is 1. The smallest absolute Gasteiger partial charge is 0.223 e. The Hall–Kier alpha value is -3.51. The van der Waals surface area contributed by atoms with Gasteiger partial charge in [-0.15, -0.1) is 0 Å². The standard InChI is InChI=1S/C27H26FN3O2/c28-23-7-3-1-5-20(23)15-19-9-11-25(29-16-19)26-18-31(13-14-33-26)27(32)12-10-21-17-30-24-8-4-2-6-22(21)24/h1-9,11,16-17,26,30H,10,12-15,18H2/t26-/m1/s1. The van der Waals surface area contributed by atoms with E-state index in [0.717, 1.165) is 22.3 Å². The van der Waals surface area contributed by atoms with Gasteiger partial charge >= 0.3 is 0 Å². The molecule has 3 heterocycles. The third-order valence-electron chi connectivity index (χ3n) is 6.23. The second kappa shape index (κ2) is 9.55. The van der Waals surface area contributed by atoms with Crippen LogP contribution in [0.15, 0.2) is 73.1 Å². The quantitative estimate of drug-likeness (QED) is 0.465. The number of rotatable bonds is 6. The molecule has 1 N–H and O–H groups in total. The largest absolute Gasteiger partial charge is 0.368 e. The zero-order valence-corrected chi connectivity index (χ0v) is 18.3. The summed E-state index contributed by atoms with van der Waals surface area (Å²) < 4.78 is 19.8. The van der Waals surface area contributed by atoms with Crippen LogP contribution in [0.3, 0.4) is 0 Å². The van der Waals surface area contributed by atoms with E-state index in [1.54, 1.807) is 18.3 Å². The molecule has 0 bridgehead atoms. The van der Waals surface area contributed by atoms with Crippen molar-refractivity contribution in [3.05, 3.63) is 101 Å². The average molecular weight is 444 g/mol. The van der Waals surface area contributed by atoms with Gasteiger partial charge in [-0.25, -0.2) is 4.39 Å². The summed E-state index contributed by atoms with van der Waals surface area (Å²) in [6.45, 7) is 1.57. The molecule has 2 aromatic carbocycles. The number of amides is 1. The molecule has 1 aliphatic heterocycles. The normalized spacial score (nSPS) is 16.3. The fraction of sp³-hybridized carbons (Fsp3) is 0.259. The molecule has 33 heavy (non-hydrogen) atoms. The molecule has 0 radical (unpaired) electrons. The highest BCUT2D eigenvalue weighted by molar-refractivity contribution is 5.84. The van der Waals surface area contributed by atoms with E-state index in [1.807, 2.05) is 47.5 Å². The summed E-state index contributed by atoms with van der Waals surface area (Å²) in [4.78, 5) is 22.6. The highest BCUT2D eigenvalue weighted by Crippen LogP contribution is 2.23. The Morgan fingerprint density at radius 3 is 2.79 bits per heavy atom. The van der Waals surface area contributed by atoms with Crippen LogP contribution in [-0.2, 0) is 22.4 Å². The molecule has 5 rings (SSSR count). The van der Waals surface area contributed by atoms with Gasteiger partial charge in [-0.3, -0.25) is 9.78 Å². The van der Waals surface area contributed by atoms with Crippen molar-refractivity contribution >= 4 is 16.8 Å². The first kappa shape index (κ1) is 21.3. The number of fused-ring (bicyclic) bond motifs is 1. The summed E-state index contributed by atoms with van der Waals surface area (Å²) in [5.74, 6) is -0.0799. The maximum absolute atomic E-state index is 13.9. The molecule has 0 saturated carbocycles. The minimum atomic E-state index is -0.252. The number of hydrogen-bond donors (Lipinski definition) is 1. The molecule has 1 amide bonds. The lowest BCUT2D eigenvalue weighted by Gasteiger charge is -2.32. The minimum Gasteiger partial charge on any atom is -0.368 e. The van der Waals surface area contributed by atoms with Gasteiger partial charge in [0.1, 0.15) is 11.9 Å². The molecule has 5 nitrogen and oxygen atoms in total. The Morgan fingerprint density at radius 2 is 1.94 bits per heavy atom. The number of nitrogens with zero attached hydrogens (tertiary/aromatic N) is 2. The number of ether oxygens (including phenoxy) is 1. The van der Waals surface area contributed by atoms with Crippen LogP contribution in [0.25, 0.3) is 10.9 Å². The van der Waals surface area contributed by atoms with Gasteiger partial charge in [0.25, 0.3) is 0 Å². The lowest BCUT2D eigenvalue weighted by Crippen LogP contribution is -2.42. The number of morpholine rings is 1. The molecule has 0 unspecified atom stereocenters. The van der Waals surface area contributed by atoms with E-state index in [4.69, 9.17) is 4.74 Å². The second-order valence-electron chi connectivity index (χ2n) is 8.42. The lowest BCUT2D eigenvalue weighted by molar-refractivity contribution is -0.139. The number of H-pyrrole nitrogens is 1. The Morgan fingerprint density at radius 1 is 1.09 bits per heavy atom. The third-order valence-corrected chi connectivity index (χ3v) is 6.23. The zero-order valence-electron chi connectivity index (χ0n) is 18.3. The predicted molar refractivity (Wildman–Crippen MR) is 125 cm³/mol. The second-order valence-corrected chi connectivity index (χ2v) is 8.42. The van der Waals surface area contributed by atoms with Crippen molar-refractivity contribution in [2.24, 2.45) is 0 Å². The summed E-state index contributed by atoms with van der Waals surface area (Å²) in [5.41, 5.74) is 4.63. The molecule has 168 valence electrons. The fourth-order valence-corrected chi connectivity index (χ4v) is 4.39. The van der Waals surface area contributed by atoms with Crippen LogP contribution in [-0.4, -0.2) is 40.5 Å². The number of halogens is 1. The van der Waals surface area contributed by atoms with Gasteiger partial charge in [0, 0.05) is 42.7 Å². The monoisotopic (exact) mass is 443 g/mol. The summed E-state index contributed by atoms with van der Waals surface area (Å²) in [7, 11) is 0. The van der Waals surface area contributed by atoms with Crippen molar-refractivity contribution < 1.29 is 13.9 Å². The highest BCUT2D eigenvalue weighted by atomic mass is 19.1. The van der Waals surface area contributed by atoms with Crippen LogP contribution >= 0.6 is 0 Å². The van der Waals surface area contributed by atoms with Crippen molar-refractivity contribution in [3.8, 4) is 0 Å². The number of aryl methyl sites for hydroxylation is 1. The lowest BCUT2D eigenvalue weighted by atomic mass is 10.0. The third kappa shape index (κ3) is 4.81. The van der Waals surface area contributed by atoms with E-state index < -0.39 is 0 Å². The van der Waals surface area contributed by atoms with Crippen LogP contribution < -0.4 is 0 Å². The number of aromatic nitrogens is 2. The maximum atomic E-state index is 13.9. The van der Waals surface area contributed by atoms with Crippen molar-refractivity contribution in [1.29, 1.82) is 0 Å². The van der Waals surface area contributed by atoms with Gasteiger partial charge in [0.2, 0.25) is 5.91 Å². The molecular weight excluding hydrogens is 417 g/mol. The Balaban J connectivity index is 1.19. The van der Waals surface area contributed by atoms with Gasteiger partial charge in [0.05, 0.1) is 18.8 Å². The Labute approximate surface area is 192 Å². The van der Waals surface area contributed by atoms with E-state index in [1.165, 1.54) is 11.5 Å². The summed E-state index contributed by atoms with van der Waals surface area (Å²) in [6.07, 6.45) is 5.16. The molecule has 1 fully saturated rings.